The van der Waals surface area contributed by atoms with Crippen LogP contribution in [-0.2, 0) is 70.1 Å². The minimum atomic E-state index is -4.29. The van der Waals surface area contributed by atoms with E-state index >= 15 is 0 Å². The fourth-order valence-corrected chi connectivity index (χ4v) is 8.25. The molecule has 6 N–H and O–H groups in total. The molecule has 0 spiro atoms. The molecule has 4 amide bonds. The molecule has 0 radical (unpaired) electrons. The zero-order chi connectivity index (χ0) is 54.0. The number of hydrogen-bond donors (Lipinski definition) is 6. The number of Topliss-reactive ketones (excluding diaryl/α,β-unsaturated/α-hetero) is 1. The average Bonchev–Trinajstić information content (AvgIpc) is 3.30. The van der Waals surface area contributed by atoms with Gasteiger partial charge in [0.25, 0.3) is 10.1 Å². The van der Waals surface area contributed by atoms with Crippen LogP contribution in [0.5, 0.6) is 0 Å². The minimum Gasteiger partial charge on any atom is -0.385 e. The lowest BCUT2D eigenvalue weighted by molar-refractivity contribution is -0.143. The molecule has 1 unspecified atom stereocenters. The topological polar surface area (TPSA) is 246 Å². The standard InChI is InChI=1S/C53H87N5O13S/c1-12-68-30-27-54-36-46(59)55-42(24-23-40-19-15-13-16-20-40)48(61)57-44(34-39(4)5)49(62)58-45(35-41-21-17-14-18-22-41)50(63)56-43(33-38(2)3)47(60)53(10,64)37-71-72(65,66)32-31-70-52(8,9)26-29-69-51(6,7)25-28-67-11/h13-22,38-39,42-45,54,64H,12,23-37H2,1-11H3,(H,55,59)(H,56,63)(H,57,61)(H,58,62)/t42-,43-,44-,45-,53?/m0/s1. The van der Waals surface area contributed by atoms with Gasteiger partial charge in [-0.15, -0.1) is 0 Å². The number of aryl methyl sites for hydroxylation is 1. The summed E-state index contributed by atoms with van der Waals surface area (Å²) in [5, 5.41) is 25.7. The summed E-state index contributed by atoms with van der Waals surface area (Å²) < 4.78 is 53.6. The van der Waals surface area contributed by atoms with E-state index in [0.717, 1.165) is 12.5 Å². The molecular formula is C53H87N5O13S. The van der Waals surface area contributed by atoms with E-state index in [0.29, 0.717) is 57.8 Å². The van der Waals surface area contributed by atoms with Crippen molar-refractivity contribution < 1.29 is 60.6 Å². The van der Waals surface area contributed by atoms with Gasteiger partial charge < -0.3 is 50.6 Å². The van der Waals surface area contributed by atoms with E-state index in [-0.39, 0.29) is 50.7 Å². The van der Waals surface area contributed by atoms with Crippen molar-refractivity contribution in [3.8, 4) is 0 Å². The van der Waals surface area contributed by atoms with Gasteiger partial charge in [0, 0.05) is 33.3 Å². The molecule has 2 aromatic rings. The molecule has 408 valence electrons. The quantitative estimate of drug-likeness (QED) is 0.0408. The maximum Gasteiger partial charge on any atom is 0.269 e. The summed E-state index contributed by atoms with van der Waals surface area (Å²) in [6.07, 6.45) is 2.10. The number of rotatable bonds is 38. The van der Waals surface area contributed by atoms with Crippen molar-refractivity contribution in [2.75, 3.05) is 65.6 Å². The highest BCUT2D eigenvalue weighted by Crippen LogP contribution is 2.21. The Bertz CT molecular complexity index is 2040. The Morgan fingerprint density at radius 2 is 1.17 bits per heavy atom. The van der Waals surface area contributed by atoms with Crippen molar-refractivity contribution in [3.05, 3.63) is 71.8 Å². The Kier molecular flexibility index (Phi) is 28.4. The SMILES string of the molecule is CCOCCNCC(=O)N[C@@H](CCc1ccccc1)C(=O)N[C@@H](CC(C)C)C(=O)N[C@@H](Cc1ccccc1)C(=O)N[C@@H](CC(C)C)C(=O)C(C)(O)COS(=O)(=O)CCOC(C)(C)CCOC(C)(C)CCOC. The number of aliphatic hydroxyl groups is 1. The van der Waals surface area contributed by atoms with Crippen LogP contribution in [0, 0.1) is 11.8 Å². The molecule has 0 heterocycles. The van der Waals surface area contributed by atoms with Crippen LogP contribution >= 0.6 is 0 Å². The highest BCUT2D eigenvalue weighted by atomic mass is 32.2. The van der Waals surface area contributed by atoms with Gasteiger partial charge in [0.2, 0.25) is 23.6 Å². The van der Waals surface area contributed by atoms with Gasteiger partial charge in [-0.05, 0) is 103 Å². The molecule has 0 aromatic heterocycles. The third-order valence-corrected chi connectivity index (χ3v) is 12.9. The number of ketones is 1. The maximum absolute atomic E-state index is 14.4. The van der Waals surface area contributed by atoms with E-state index in [2.05, 4.69) is 26.6 Å². The van der Waals surface area contributed by atoms with Crippen LogP contribution in [0.4, 0.5) is 0 Å². The monoisotopic (exact) mass is 1030 g/mol. The maximum atomic E-state index is 14.4. The normalized spacial score (nSPS) is 14.8. The molecule has 19 heteroatoms. The summed E-state index contributed by atoms with van der Waals surface area (Å²) >= 11 is 0. The van der Waals surface area contributed by atoms with E-state index in [1.54, 1.807) is 37.4 Å². The molecule has 0 saturated heterocycles. The second-order valence-corrected chi connectivity index (χ2v) is 22.3. The van der Waals surface area contributed by atoms with E-state index in [4.69, 9.17) is 23.1 Å². The van der Waals surface area contributed by atoms with Crippen molar-refractivity contribution in [2.45, 2.75) is 155 Å². The van der Waals surface area contributed by atoms with E-state index in [9.17, 15) is 37.5 Å². The number of hydrogen-bond acceptors (Lipinski definition) is 14. The number of carbonyl (C=O) groups excluding carboxylic acids is 5. The van der Waals surface area contributed by atoms with Crippen molar-refractivity contribution >= 4 is 39.5 Å². The van der Waals surface area contributed by atoms with Crippen molar-refractivity contribution in [1.82, 2.24) is 26.6 Å². The van der Waals surface area contributed by atoms with Gasteiger partial charge in [0.1, 0.15) is 30.3 Å². The van der Waals surface area contributed by atoms with Crippen LogP contribution in [0.2, 0.25) is 0 Å². The van der Waals surface area contributed by atoms with Crippen molar-refractivity contribution in [1.29, 1.82) is 0 Å². The summed E-state index contributed by atoms with van der Waals surface area (Å²) in [5.41, 5.74) is -1.88. The predicted molar refractivity (Wildman–Crippen MR) is 277 cm³/mol. The minimum absolute atomic E-state index is 0.00851. The first-order valence-electron chi connectivity index (χ1n) is 25.3. The van der Waals surface area contributed by atoms with Crippen LogP contribution in [0.3, 0.4) is 0 Å². The molecule has 0 saturated carbocycles. The third kappa shape index (κ3) is 26.6. The summed E-state index contributed by atoms with van der Waals surface area (Å²) in [4.78, 5) is 70.0. The number of carbonyl (C=O) groups is 5. The largest absolute Gasteiger partial charge is 0.385 e. The Morgan fingerprint density at radius 3 is 1.75 bits per heavy atom. The molecule has 0 aliphatic carbocycles. The van der Waals surface area contributed by atoms with Gasteiger partial charge in [-0.25, -0.2) is 0 Å². The first-order chi connectivity index (χ1) is 33.8. The van der Waals surface area contributed by atoms with Crippen molar-refractivity contribution in [3.63, 3.8) is 0 Å². The summed E-state index contributed by atoms with van der Waals surface area (Å²) in [6, 6.07) is 13.7. The second-order valence-electron chi connectivity index (χ2n) is 20.5. The molecular weight excluding hydrogens is 947 g/mol. The Balaban J connectivity index is 2.26. The Morgan fingerprint density at radius 1 is 0.653 bits per heavy atom. The van der Waals surface area contributed by atoms with Gasteiger partial charge in [-0.1, -0.05) is 88.4 Å². The van der Waals surface area contributed by atoms with Gasteiger partial charge in [-0.2, -0.15) is 8.42 Å². The summed E-state index contributed by atoms with van der Waals surface area (Å²) in [5.74, 6) is -4.14. The molecule has 0 bridgehead atoms. The first-order valence-corrected chi connectivity index (χ1v) is 26.8. The first kappa shape index (κ1) is 63.8. The Labute approximate surface area is 429 Å². The number of nitrogens with one attached hydrogen (secondary N) is 5. The summed E-state index contributed by atoms with van der Waals surface area (Å²) in [7, 11) is -2.67. The van der Waals surface area contributed by atoms with Crippen LogP contribution < -0.4 is 26.6 Å². The lowest BCUT2D eigenvalue weighted by atomic mass is 9.90. The van der Waals surface area contributed by atoms with E-state index in [1.165, 1.54) is 0 Å². The fraction of sp³-hybridized carbons (Fsp3) is 0.679. The molecule has 0 fully saturated rings. The fourth-order valence-electron chi connectivity index (χ4n) is 7.44. The average molecular weight is 1030 g/mol. The molecule has 2 aromatic carbocycles. The van der Waals surface area contributed by atoms with E-state index in [1.807, 2.05) is 92.6 Å². The smallest absolute Gasteiger partial charge is 0.269 e. The van der Waals surface area contributed by atoms with Crippen LogP contribution in [0.15, 0.2) is 60.7 Å². The zero-order valence-electron chi connectivity index (χ0n) is 44.8. The number of ether oxygens (including phenoxy) is 4. The summed E-state index contributed by atoms with van der Waals surface area (Å²) in [6.45, 7) is 19.0. The lowest BCUT2D eigenvalue weighted by Gasteiger charge is -2.31. The highest BCUT2D eigenvalue weighted by Gasteiger charge is 2.40. The lowest BCUT2D eigenvalue weighted by Crippen LogP contribution is -2.60. The molecule has 18 nitrogen and oxygen atoms in total. The van der Waals surface area contributed by atoms with Gasteiger partial charge in [-0.3, -0.25) is 28.2 Å². The second kappa shape index (κ2) is 32.1. The van der Waals surface area contributed by atoms with Crippen LogP contribution in [0.25, 0.3) is 0 Å². The van der Waals surface area contributed by atoms with Crippen LogP contribution in [0.1, 0.15) is 112 Å². The van der Waals surface area contributed by atoms with E-state index < -0.39 is 92.9 Å². The highest BCUT2D eigenvalue weighted by molar-refractivity contribution is 7.86. The molecule has 0 aliphatic heterocycles. The Hall–Kier alpha value is -4.34. The number of amides is 4. The van der Waals surface area contributed by atoms with Gasteiger partial charge in [0.15, 0.2) is 5.78 Å². The molecule has 0 aliphatic rings. The van der Waals surface area contributed by atoms with Gasteiger partial charge in [0.05, 0.1) is 49.4 Å². The van der Waals surface area contributed by atoms with Crippen LogP contribution in [-0.4, -0.2) is 150 Å². The predicted octanol–water partition coefficient (Wildman–Crippen LogP) is 4.20. The molecule has 72 heavy (non-hydrogen) atoms. The zero-order valence-corrected chi connectivity index (χ0v) is 45.6. The number of methoxy groups -OCH3 is 1. The molecule has 2 rings (SSSR count). The third-order valence-electron chi connectivity index (χ3n) is 11.7. The van der Waals surface area contributed by atoms with Gasteiger partial charge >= 0.3 is 0 Å². The number of benzene rings is 2. The molecule has 5 atom stereocenters. The van der Waals surface area contributed by atoms with Crippen molar-refractivity contribution in [2.24, 2.45) is 11.8 Å².